The van der Waals surface area contributed by atoms with Gasteiger partial charge in [0.25, 0.3) is 0 Å². The van der Waals surface area contributed by atoms with Gasteiger partial charge in [0.1, 0.15) is 29.3 Å². The van der Waals surface area contributed by atoms with Crippen molar-refractivity contribution < 1.29 is 28.2 Å². The third kappa shape index (κ3) is 3.73. The van der Waals surface area contributed by atoms with E-state index in [0.717, 1.165) is 5.56 Å². The third-order valence-electron chi connectivity index (χ3n) is 4.88. The molecule has 0 saturated heterocycles. The van der Waals surface area contributed by atoms with Crippen LogP contribution < -0.4 is 4.90 Å². The lowest BCUT2D eigenvalue weighted by atomic mass is 10.1. The van der Waals surface area contributed by atoms with E-state index in [2.05, 4.69) is 10.2 Å². The molecule has 1 aliphatic rings. The first-order chi connectivity index (χ1) is 14.9. The molecule has 0 fully saturated rings. The summed E-state index contributed by atoms with van der Waals surface area (Å²) in [6, 6.07) is 9.34. The maximum atomic E-state index is 13.2. The molecule has 2 heterocycles. The van der Waals surface area contributed by atoms with E-state index in [9.17, 15) is 14.0 Å². The largest absolute Gasteiger partial charge is 0.466 e. The molecular weight excluding hydrogens is 407 g/mol. The molecule has 31 heavy (non-hydrogen) atoms. The molecular formula is C21H19FN4O5. The zero-order chi connectivity index (χ0) is 22.1. The molecule has 0 atom stereocenters. The van der Waals surface area contributed by atoms with Crippen LogP contribution in [0.25, 0.3) is 16.7 Å². The Morgan fingerprint density at radius 1 is 1.03 bits per heavy atom. The van der Waals surface area contributed by atoms with Crippen molar-refractivity contribution in [2.75, 3.05) is 32.5 Å². The number of hydrogen-bond donors (Lipinski definition) is 0. The Kier molecular flexibility index (Phi) is 5.38. The summed E-state index contributed by atoms with van der Waals surface area (Å²) in [4.78, 5) is 27.7. The monoisotopic (exact) mass is 426 g/mol. The van der Waals surface area contributed by atoms with Crippen LogP contribution in [0, 0.1) is 12.7 Å². The van der Waals surface area contributed by atoms with Crippen LogP contribution >= 0.6 is 0 Å². The third-order valence-corrected chi connectivity index (χ3v) is 4.88. The van der Waals surface area contributed by atoms with E-state index in [-0.39, 0.29) is 30.4 Å². The maximum Gasteiger partial charge on any atom is 0.355 e. The molecule has 0 saturated carbocycles. The van der Waals surface area contributed by atoms with Gasteiger partial charge in [0, 0.05) is 5.69 Å². The lowest BCUT2D eigenvalue weighted by Crippen LogP contribution is -2.39. The van der Waals surface area contributed by atoms with Crippen molar-refractivity contribution in [3.05, 3.63) is 59.0 Å². The molecule has 9 nitrogen and oxygen atoms in total. The molecule has 0 amide bonds. The predicted octanol–water partition coefficient (Wildman–Crippen LogP) is 2.26. The highest BCUT2D eigenvalue weighted by atomic mass is 19.1. The Hall–Kier alpha value is -3.79. The maximum absolute atomic E-state index is 13.2. The van der Waals surface area contributed by atoms with E-state index >= 15 is 0 Å². The molecule has 0 N–H and O–H groups in total. The molecule has 0 radical (unpaired) electrons. The van der Waals surface area contributed by atoms with Gasteiger partial charge >= 0.3 is 11.9 Å². The van der Waals surface area contributed by atoms with Gasteiger partial charge in [-0.15, -0.1) is 10.2 Å². The summed E-state index contributed by atoms with van der Waals surface area (Å²) in [5, 5.41) is 8.90. The molecule has 2 aromatic carbocycles. The number of fused-ring (bicyclic) bond motifs is 1. The highest BCUT2D eigenvalue weighted by Crippen LogP contribution is 2.31. The number of nitrogens with zero attached hydrogens (tertiary/aromatic N) is 4. The lowest BCUT2D eigenvalue weighted by Gasteiger charge is -2.32. The Balaban J connectivity index is 1.82. The van der Waals surface area contributed by atoms with E-state index in [0.29, 0.717) is 22.4 Å². The first-order valence-electron chi connectivity index (χ1n) is 9.31. The van der Waals surface area contributed by atoms with Gasteiger partial charge in [-0.25, -0.2) is 14.0 Å². The Morgan fingerprint density at radius 2 is 1.68 bits per heavy atom. The van der Waals surface area contributed by atoms with E-state index in [1.807, 2.05) is 6.92 Å². The fraction of sp³-hybridized carbons (Fsp3) is 0.238. The van der Waals surface area contributed by atoms with Gasteiger partial charge in [0.2, 0.25) is 0 Å². The summed E-state index contributed by atoms with van der Waals surface area (Å²) < 4.78 is 28.5. The number of ether oxygens (including phenoxy) is 3. The lowest BCUT2D eigenvalue weighted by molar-refractivity contribution is -0.140. The fourth-order valence-corrected chi connectivity index (χ4v) is 3.37. The zero-order valence-electron chi connectivity index (χ0n) is 17.1. The first-order valence-corrected chi connectivity index (χ1v) is 9.31. The number of hydrogen-bond acceptors (Lipinski definition) is 8. The average molecular weight is 426 g/mol. The SMILES string of the molecule is COC(=O)C1=C(C(=O)OC)N(c2cc3nn(-c4ccc(F)cc4)nc3cc2C)COC1. The summed E-state index contributed by atoms with van der Waals surface area (Å²) in [6.07, 6.45) is 0. The van der Waals surface area contributed by atoms with Crippen LogP contribution in [0.1, 0.15) is 5.56 Å². The minimum atomic E-state index is -0.682. The minimum Gasteiger partial charge on any atom is -0.466 e. The number of esters is 2. The topological polar surface area (TPSA) is 95.8 Å². The Labute approximate surface area is 176 Å². The highest BCUT2D eigenvalue weighted by molar-refractivity contribution is 6.04. The van der Waals surface area contributed by atoms with E-state index in [4.69, 9.17) is 14.2 Å². The van der Waals surface area contributed by atoms with Gasteiger partial charge in [-0.05, 0) is 48.9 Å². The first kappa shape index (κ1) is 20.5. The molecule has 4 rings (SSSR count). The van der Waals surface area contributed by atoms with Crippen molar-refractivity contribution >= 4 is 28.7 Å². The molecule has 0 spiro atoms. The van der Waals surface area contributed by atoms with Crippen molar-refractivity contribution in [3.8, 4) is 5.69 Å². The van der Waals surface area contributed by atoms with Gasteiger partial charge in [0.15, 0.2) is 0 Å². The summed E-state index contributed by atoms with van der Waals surface area (Å²) in [6.45, 7) is 1.80. The van der Waals surface area contributed by atoms with Gasteiger partial charge in [-0.3, -0.25) is 0 Å². The number of halogens is 1. The standard InChI is InChI=1S/C21H19FN4O5/c1-12-8-16-17(24-26(23-16)14-6-4-13(22)5-7-14)9-18(12)25-11-31-10-15(20(27)29-2)19(25)21(28)30-3/h4-9H,10-11H2,1-3H3. The summed E-state index contributed by atoms with van der Waals surface area (Å²) >= 11 is 0. The molecule has 0 aliphatic carbocycles. The van der Waals surface area contributed by atoms with Crippen molar-refractivity contribution in [3.63, 3.8) is 0 Å². The second kappa shape index (κ2) is 8.15. The van der Waals surface area contributed by atoms with Crippen LogP contribution in [0.3, 0.4) is 0 Å². The second-order valence-electron chi connectivity index (χ2n) is 6.81. The van der Waals surface area contributed by atoms with E-state index in [1.165, 1.54) is 31.1 Å². The van der Waals surface area contributed by atoms with Crippen molar-refractivity contribution in [2.45, 2.75) is 6.92 Å². The molecule has 0 unspecified atom stereocenters. The number of carbonyl (C=O) groups is 2. The van der Waals surface area contributed by atoms with Gasteiger partial charge in [0.05, 0.1) is 32.1 Å². The number of methoxy groups -OCH3 is 2. The van der Waals surface area contributed by atoms with Crippen LogP contribution in [-0.2, 0) is 23.8 Å². The van der Waals surface area contributed by atoms with Crippen molar-refractivity contribution in [1.82, 2.24) is 15.0 Å². The van der Waals surface area contributed by atoms with E-state index < -0.39 is 11.9 Å². The number of aromatic nitrogens is 3. The fourth-order valence-electron chi connectivity index (χ4n) is 3.37. The van der Waals surface area contributed by atoms with Crippen molar-refractivity contribution in [2.24, 2.45) is 0 Å². The average Bonchev–Trinajstić information content (AvgIpc) is 3.20. The Morgan fingerprint density at radius 3 is 2.32 bits per heavy atom. The quantitative estimate of drug-likeness (QED) is 0.587. The summed E-state index contributed by atoms with van der Waals surface area (Å²) in [5.41, 5.74) is 3.24. The summed E-state index contributed by atoms with van der Waals surface area (Å²) in [5.74, 6) is -1.71. The van der Waals surface area contributed by atoms with Gasteiger partial charge in [-0.2, -0.15) is 4.80 Å². The molecule has 0 bridgehead atoms. The smallest absolute Gasteiger partial charge is 0.355 e. The van der Waals surface area contributed by atoms with Crippen LogP contribution in [0.2, 0.25) is 0 Å². The normalized spacial score (nSPS) is 14.1. The van der Waals surface area contributed by atoms with E-state index in [1.54, 1.807) is 29.2 Å². The number of benzene rings is 2. The molecule has 10 heteroatoms. The summed E-state index contributed by atoms with van der Waals surface area (Å²) in [7, 11) is 2.47. The van der Waals surface area contributed by atoms with Gasteiger partial charge < -0.3 is 19.1 Å². The molecule has 1 aliphatic heterocycles. The van der Waals surface area contributed by atoms with Crippen LogP contribution in [0.4, 0.5) is 10.1 Å². The predicted molar refractivity (Wildman–Crippen MR) is 108 cm³/mol. The van der Waals surface area contributed by atoms with Crippen LogP contribution in [-0.4, -0.2) is 54.5 Å². The number of anilines is 1. The molecule has 160 valence electrons. The molecule has 1 aromatic heterocycles. The van der Waals surface area contributed by atoms with Gasteiger partial charge in [-0.1, -0.05) is 0 Å². The number of aryl methyl sites for hydroxylation is 1. The minimum absolute atomic E-state index is 0.0311. The highest BCUT2D eigenvalue weighted by Gasteiger charge is 2.33. The number of carbonyl (C=O) groups excluding carboxylic acids is 2. The zero-order valence-corrected chi connectivity index (χ0v) is 17.1. The number of rotatable bonds is 4. The molecule has 3 aromatic rings. The Bertz CT molecular complexity index is 1200. The second-order valence-corrected chi connectivity index (χ2v) is 6.81. The van der Waals surface area contributed by atoms with Crippen molar-refractivity contribution in [1.29, 1.82) is 0 Å². The van der Waals surface area contributed by atoms with Crippen LogP contribution in [0.15, 0.2) is 47.7 Å². The van der Waals surface area contributed by atoms with Crippen LogP contribution in [0.5, 0.6) is 0 Å².